The Balaban J connectivity index is 3.55. The van der Waals surface area contributed by atoms with Crippen molar-refractivity contribution in [2.45, 2.75) is 20.8 Å². The molecule has 58 valence electrons. The van der Waals surface area contributed by atoms with E-state index < -0.39 is 0 Å². The zero-order valence-corrected chi connectivity index (χ0v) is 6.56. The maximum absolute atomic E-state index is 9.68. The van der Waals surface area contributed by atoms with E-state index in [2.05, 4.69) is 10.5 Å². The summed E-state index contributed by atoms with van der Waals surface area (Å²) in [6.07, 6.45) is 0. The highest BCUT2D eigenvalue weighted by atomic mass is 16.3. The molecule has 0 saturated heterocycles. The van der Waals surface area contributed by atoms with Gasteiger partial charge in [0.25, 0.3) is 5.96 Å². The van der Waals surface area contributed by atoms with E-state index in [4.69, 9.17) is 5.41 Å². The van der Waals surface area contributed by atoms with E-state index in [1.807, 2.05) is 20.8 Å². The summed E-state index contributed by atoms with van der Waals surface area (Å²) >= 11 is 0. The predicted molar refractivity (Wildman–Crippen MR) is 41.0 cm³/mol. The number of nitrogens with zero attached hydrogens (tertiary/aromatic N) is 1. The molecule has 0 aliphatic rings. The van der Waals surface area contributed by atoms with Gasteiger partial charge in [0.05, 0.1) is 0 Å². The Hall–Kier alpha value is -0.930. The Morgan fingerprint density at radius 3 is 2.40 bits per heavy atom. The third kappa shape index (κ3) is 5.21. The van der Waals surface area contributed by atoms with Gasteiger partial charge in [0.2, 0.25) is 0 Å². The van der Waals surface area contributed by atoms with Crippen LogP contribution in [0.2, 0.25) is 0 Å². The maximum Gasteiger partial charge on any atom is 0.257 e. The first kappa shape index (κ1) is 9.07. The van der Waals surface area contributed by atoms with Crippen LogP contribution in [-0.2, 0) is 0 Å². The van der Waals surface area contributed by atoms with Gasteiger partial charge in [-0.05, 0) is 5.41 Å². The van der Waals surface area contributed by atoms with Crippen molar-refractivity contribution in [1.82, 2.24) is 5.32 Å². The van der Waals surface area contributed by atoms with Crippen LogP contribution in [0.1, 0.15) is 20.8 Å². The van der Waals surface area contributed by atoms with Crippen molar-refractivity contribution in [1.29, 1.82) is 5.41 Å². The third-order valence-corrected chi connectivity index (χ3v) is 0.877. The van der Waals surface area contributed by atoms with Gasteiger partial charge in [-0.25, -0.2) is 0 Å². The fourth-order valence-corrected chi connectivity index (χ4v) is 0.381. The van der Waals surface area contributed by atoms with E-state index in [0.29, 0.717) is 6.54 Å². The first-order chi connectivity index (χ1) is 4.45. The van der Waals surface area contributed by atoms with Gasteiger partial charge in [-0.2, -0.15) is 0 Å². The van der Waals surface area contributed by atoms with E-state index in [1.165, 1.54) is 0 Å². The number of rotatable bonds is 1. The molecule has 0 aromatic heterocycles. The Bertz CT molecular complexity index is 136. The highest BCUT2D eigenvalue weighted by Crippen LogP contribution is 2.09. The molecule has 0 heterocycles. The van der Waals surface area contributed by atoms with Crippen molar-refractivity contribution in [2.24, 2.45) is 10.6 Å². The van der Waals surface area contributed by atoms with Crippen LogP contribution in [0.5, 0.6) is 0 Å². The van der Waals surface area contributed by atoms with Crippen LogP contribution in [0, 0.1) is 15.7 Å². The molecule has 0 amide bonds. The van der Waals surface area contributed by atoms with Crippen LogP contribution in [0.15, 0.2) is 5.18 Å². The van der Waals surface area contributed by atoms with Gasteiger partial charge in [-0.1, -0.05) is 20.8 Å². The van der Waals surface area contributed by atoms with Gasteiger partial charge in [0.1, 0.15) is 0 Å². The van der Waals surface area contributed by atoms with Crippen molar-refractivity contribution < 1.29 is 0 Å². The summed E-state index contributed by atoms with van der Waals surface area (Å²) in [6, 6.07) is 0. The summed E-state index contributed by atoms with van der Waals surface area (Å²) in [5, 5.41) is 11.8. The molecule has 0 unspecified atom stereocenters. The summed E-state index contributed by atoms with van der Waals surface area (Å²) in [6.45, 7) is 6.63. The van der Waals surface area contributed by atoms with Crippen molar-refractivity contribution in [3.05, 3.63) is 4.91 Å². The Kier molecular flexibility index (Phi) is 2.99. The normalized spacial score (nSPS) is 10.7. The molecule has 4 heteroatoms. The smallest absolute Gasteiger partial charge is 0.257 e. The number of hydrogen-bond donors (Lipinski definition) is 2. The lowest BCUT2D eigenvalue weighted by Gasteiger charge is -2.17. The van der Waals surface area contributed by atoms with Crippen molar-refractivity contribution in [2.75, 3.05) is 6.54 Å². The molecule has 0 spiro atoms. The number of nitrogens with one attached hydrogen (secondary N) is 2. The van der Waals surface area contributed by atoms with Crippen LogP contribution >= 0.6 is 0 Å². The van der Waals surface area contributed by atoms with E-state index >= 15 is 0 Å². The van der Waals surface area contributed by atoms with E-state index in [1.54, 1.807) is 0 Å². The number of nitroso groups, excluding NO2 is 1. The van der Waals surface area contributed by atoms with Gasteiger partial charge < -0.3 is 5.32 Å². The monoisotopic (exact) mass is 143 g/mol. The zero-order valence-electron chi connectivity index (χ0n) is 6.56. The molecule has 0 aliphatic heterocycles. The summed E-state index contributed by atoms with van der Waals surface area (Å²) < 4.78 is 0. The molecule has 4 nitrogen and oxygen atoms in total. The number of guanidine groups is 1. The molecule has 0 rings (SSSR count). The molecule has 0 bridgehead atoms. The average molecular weight is 143 g/mol. The topological polar surface area (TPSA) is 65.3 Å². The molecular formula is C6H13N3O. The molecule has 2 N–H and O–H groups in total. The van der Waals surface area contributed by atoms with Crippen LogP contribution < -0.4 is 5.32 Å². The van der Waals surface area contributed by atoms with Crippen LogP contribution in [0.3, 0.4) is 0 Å². The molecular weight excluding hydrogens is 130 g/mol. The maximum atomic E-state index is 9.68. The minimum atomic E-state index is -0.296. The molecule has 0 aromatic carbocycles. The molecule has 10 heavy (non-hydrogen) atoms. The van der Waals surface area contributed by atoms with Crippen molar-refractivity contribution >= 4 is 5.96 Å². The lowest BCUT2D eigenvalue weighted by molar-refractivity contribution is 0.408. The van der Waals surface area contributed by atoms with Crippen LogP contribution in [0.4, 0.5) is 0 Å². The van der Waals surface area contributed by atoms with Crippen LogP contribution in [-0.4, -0.2) is 12.5 Å². The number of hydrogen-bond acceptors (Lipinski definition) is 2. The summed E-state index contributed by atoms with van der Waals surface area (Å²) in [7, 11) is 0. The molecule has 0 aliphatic carbocycles. The molecule has 0 aromatic rings. The quantitative estimate of drug-likeness (QED) is 0.330. The lowest BCUT2D eigenvalue weighted by Crippen LogP contribution is -2.30. The summed E-state index contributed by atoms with van der Waals surface area (Å²) in [5.41, 5.74) is 0.0803. The van der Waals surface area contributed by atoms with Gasteiger partial charge in [-0.3, -0.25) is 5.41 Å². The van der Waals surface area contributed by atoms with E-state index in [9.17, 15) is 4.91 Å². The predicted octanol–water partition coefficient (Wildman–Crippen LogP) is 1.32. The van der Waals surface area contributed by atoms with Crippen molar-refractivity contribution in [3.8, 4) is 0 Å². The fourth-order valence-electron chi connectivity index (χ4n) is 0.381. The van der Waals surface area contributed by atoms with Gasteiger partial charge in [0.15, 0.2) is 0 Å². The summed E-state index contributed by atoms with van der Waals surface area (Å²) in [4.78, 5) is 9.68. The van der Waals surface area contributed by atoms with E-state index in [0.717, 1.165) is 0 Å². The minimum Gasteiger partial charge on any atom is -0.351 e. The van der Waals surface area contributed by atoms with Gasteiger partial charge in [0, 0.05) is 11.7 Å². The molecule has 0 saturated carbocycles. The summed E-state index contributed by atoms with van der Waals surface area (Å²) in [5.74, 6) is -0.296. The first-order valence-electron chi connectivity index (χ1n) is 3.11. The highest BCUT2D eigenvalue weighted by molar-refractivity contribution is 5.76. The standard InChI is InChI=1S/C6H13N3O/c1-6(2,3)4-8-5(7)9-10/h4H2,1-3H3,(H2,7,8). The second kappa shape index (κ2) is 3.29. The largest absolute Gasteiger partial charge is 0.351 e. The second-order valence-electron chi connectivity index (χ2n) is 3.35. The minimum absolute atomic E-state index is 0.0803. The third-order valence-electron chi connectivity index (χ3n) is 0.877. The van der Waals surface area contributed by atoms with Gasteiger partial charge >= 0.3 is 0 Å². The van der Waals surface area contributed by atoms with Gasteiger partial charge in [-0.15, -0.1) is 4.91 Å². The zero-order chi connectivity index (χ0) is 8.20. The first-order valence-corrected chi connectivity index (χ1v) is 3.11. The highest BCUT2D eigenvalue weighted by Gasteiger charge is 2.09. The second-order valence-corrected chi connectivity index (χ2v) is 3.35. The average Bonchev–Trinajstić information content (AvgIpc) is 1.81. The Morgan fingerprint density at radius 1 is 1.60 bits per heavy atom. The fraction of sp³-hybridized carbons (Fsp3) is 0.833. The van der Waals surface area contributed by atoms with Crippen LogP contribution in [0.25, 0.3) is 0 Å². The van der Waals surface area contributed by atoms with E-state index in [-0.39, 0.29) is 11.4 Å². The lowest BCUT2D eigenvalue weighted by atomic mass is 9.97. The Labute approximate surface area is 60.5 Å². The van der Waals surface area contributed by atoms with Crippen molar-refractivity contribution in [3.63, 3.8) is 0 Å². The SMILES string of the molecule is CC(C)(C)CNC(=N)N=O. The Morgan fingerprint density at radius 2 is 2.10 bits per heavy atom. The molecule has 0 fully saturated rings. The molecule has 0 radical (unpaired) electrons. The molecule has 0 atom stereocenters.